The van der Waals surface area contributed by atoms with E-state index in [0.717, 1.165) is 28.2 Å². The molecule has 0 unspecified atom stereocenters. The summed E-state index contributed by atoms with van der Waals surface area (Å²) in [6.45, 7) is 4.42. The lowest BCUT2D eigenvalue weighted by Crippen LogP contribution is -2.00. The molecule has 0 aliphatic carbocycles. The largest absolute Gasteiger partial charge is 0.496 e. The van der Waals surface area contributed by atoms with Gasteiger partial charge in [-0.2, -0.15) is 5.26 Å². The SMILES string of the molecule is COc1ccc(C#N)cc1COc1cc(C)ccc1C. The minimum atomic E-state index is 0.378. The van der Waals surface area contributed by atoms with Crippen LogP contribution in [0.4, 0.5) is 0 Å². The van der Waals surface area contributed by atoms with Crippen LogP contribution in [-0.2, 0) is 6.61 Å². The molecule has 0 amide bonds. The van der Waals surface area contributed by atoms with E-state index in [9.17, 15) is 0 Å². The Morgan fingerprint density at radius 1 is 1.05 bits per heavy atom. The number of ether oxygens (including phenoxy) is 2. The number of nitriles is 1. The first-order valence-corrected chi connectivity index (χ1v) is 6.41. The number of nitrogens with zero attached hydrogens (tertiary/aromatic N) is 1. The van der Waals surface area contributed by atoms with Gasteiger partial charge in [-0.05, 0) is 49.2 Å². The number of hydrogen-bond donors (Lipinski definition) is 0. The number of benzene rings is 2. The van der Waals surface area contributed by atoms with E-state index in [4.69, 9.17) is 14.7 Å². The molecule has 0 aliphatic rings. The van der Waals surface area contributed by atoms with Crippen LogP contribution in [0, 0.1) is 25.2 Å². The van der Waals surface area contributed by atoms with Crippen LogP contribution < -0.4 is 9.47 Å². The second kappa shape index (κ2) is 6.12. The number of hydrogen-bond acceptors (Lipinski definition) is 3. The van der Waals surface area contributed by atoms with Crippen LogP contribution in [0.2, 0.25) is 0 Å². The third kappa shape index (κ3) is 3.10. The zero-order chi connectivity index (χ0) is 14.5. The molecule has 0 spiro atoms. The van der Waals surface area contributed by atoms with Gasteiger partial charge < -0.3 is 9.47 Å². The summed E-state index contributed by atoms with van der Waals surface area (Å²) >= 11 is 0. The fourth-order valence-corrected chi connectivity index (χ4v) is 1.98. The molecule has 0 fully saturated rings. The van der Waals surface area contributed by atoms with Crippen molar-refractivity contribution < 1.29 is 9.47 Å². The molecule has 0 saturated heterocycles. The Bertz CT molecular complexity index is 657. The van der Waals surface area contributed by atoms with Gasteiger partial charge in [0.15, 0.2) is 0 Å². The average molecular weight is 267 g/mol. The van der Waals surface area contributed by atoms with Gasteiger partial charge in [-0.3, -0.25) is 0 Å². The third-order valence-electron chi connectivity index (χ3n) is 3.14. The Kier molecular flexibility index (Phi) is 4.27. The predicted molar refractivity (Wildman–Crippen MR) is 78.0 cm³/mol. The highest BCUT2D eigenvalue weighted by Crippen LogP contribution is 2.24. The second-order valence-electron chi connectivity index (χ2n) is 4.70. The molecule has 2 aromatic rings. The number of methoxy groups -OCH3 is 1. The van der Waals surface area contributed by atoms with Crippen molar-refractivity contribution in [1.82, 2.24) is 0 Å². The van der Waals surface area contributed by atoms with Gasteiger partial charge in [0, 0.05) is 5.56 Å². The van der Waals surface area contributed by atoms with Crippen molar-refractivity contribution >= 4 is 0 Å². The maximum atomic E-state index is 8.96. The molecule has 102 valence electrons. The highest BCUT2D eigenvalue weighted by molar-refractivity contribution is 5.42. The maximum Gasteiger partial charge on any atom is 0.125 e. The molecule has 3 heteroatoms. The lowest BCUT2D eigenvalue weighted by Gasteiger charge is -2.12. The van der Waals surface area contributed by atoms with Crippen molar-refractivity contribution in [2.45, 2.75) is 20.5 Å². The highest BCUT2D eigenvalue weighted by Gasteiger charge is 2.07. The summed E-state index contributed by atoms with van der Waals surface area (Å²) in [5.41, 5.74) is 3.71. The Balaban J connectivity index is 2.22. The lowest BCUT2D eigenvalue weighted by atomic mass is 10.1. The molecule has 0 aliphatic heterocycles. The lowest BCUT2D eigenvalue weighted by molar-refractivity contribution is 0.294. The summed E-state index contributed by atoms with van der Waals surface area (Å²) in [5.74, 6) is 1.59. The molecule has 0 bridgehead atoms. The molecule has 20 heavy (non-hydrogen) atoms. The van der Waals surface area contributed by atoms with Crippen molar-refractivity contribution in [3.63, 3.8) is 0 Å². The second-order valence-corrected chi connectivity index (χ2v) is 4.70. The molecule has 0 saturated carbocycles. The Morgan fingerprint density at radius 3 is 2.55 bits per heavy atom. The quantitative estimate of drug-likeness (QED) is 0.847. The summed E-state index contributed by atoms with van der Waals surface area (Å²) in [4.78, 5) is 0. The monoisotopic (exact) mass is 267 g/mol. The van der Waals surface area contributed by atoms with E-state index in [2.05, 4.69) is 12.1 Å². The smallest absolute Gasteiger partial charge is 0.125 e. The molecule has 3 nitrogen and oxygen atoms in total. The van der Waals surface area contributed by atoms with E-state index < -0.39 is 0 Å². The molecule has 2 aromatic carbocycles. The molecule has 2 rings (SSSR count). The first kappa shape index (κ1) is 14.0. The van der Waals surface area contributed by atoms with E-state index in [-0.39, 0.29) is 0 Å². The van der Waals surface area contributed by atoms with Gasteiger partial charge >= 0.3 is 0 Å². The van der Waals surface area contributed by atoms with Gasteiger partial charge in [0.05, 0.1) is 18.7 Å². The van der Waals surface area contributed by atoms with Crippen LogP contribution >= 0.6 is 0 Å². The van der Waals surface area contributed by atoms with Crippen LogP contribution in [-0.4, -0.2) is 7.11 Å². The normalized spacial score (nSPS) is 9.90. The fraction of sp³-hybridized carbons (Fsp3) is 0.235. The van der Waals surface area contributed by atoms with Gasteiger partial charge in [0.25, 0.3) is 0 Å². The van der Waals surface area contributed by atoms with Gasteiger partial charge in [0.1, 0.15) is 18.1 Å². The van der Waals surface area contributed by atoms with E-state index in [0.29, 0.717) is 12.2 Å². The third-order valence-corrected chi connectivity index (χ3v) is 3.14. The van der Waals surface area contributed by atoms with E-state index >= 15 is 0 Å². The topological polar surface area (TPSA) is 42.2 Å². The summed E-state index contributed by atoms with van der Waals surface area (Å²) in [7, 11) is 1.61. The van der Waals surface area contributed by atoms with Gasteiger partial charge in [-0.15, -0.1) is 0 Å². The molecule has 0 atom stereocenters. The van der Waals surface area contributed by atoms with Crippen molar-refractivity contribution in [1.29, 1.82) is 5.26 Å². The first-order valence-electron chi connectivity index (χ1n) is 6.41. The fourth-order valence-electron chi connectivity index (χ4n) is 1.98. The number of rotatable bonds is 4. The number of aryl methyl sites for hydroxylation is 2. The van der Waals surface area contributed by atoms with Crippen LogP contribution in [0.3, 0.4) is 0 Å². The summed E-state index contributed by atoms with van der Waals surface area (Å²) in [6, 6.07) is 13.6. The predicted octanol–water partition coefficient (Wildman–Crippen LogP) is 3.76. The molecular weight excluding hydrogens is 250 g/mol. The van der Waals surface area contributed by atoms with Crippen LogP contribution in [0.5, 0.6) is 11.5 Å². The molecular formula is C17H17NO2. The first-order chi connectivity index (χ1) is 9.63. The minimum absolute atomic E-state index is 0.378. The molecule has 0 aromatic heterocycles. The van der Waals surface area contributed by atoms with Gasteiger partial charge in [-0.1, -0.05) is 12.1 Å². The van der Waals surface area contributed by atoms with Crippen molar-refractivity contribution in [3.05, 3.63) is 58.7 Å². The Hall–Kier alpha value is -2.47. The van der Waals surface area contributed by atoms with Crippen LogP contribution in [0.15, 0.2) is 36.4 Å². The Morgan fingerprint density at radius 2 is 1.85 bits per heavy atom. The van der Waals surface area contributed by atoms with E-state index in [1.807, 2.05) is 26.0 Å². The molecule has 0 N–H and O–H groups in total. The standard InChI is InChI=1S/C17H17NO2/c1-12-4-5-13(2)17(8-12)20-11-15-9-14(10-18)6-7-16(15)19-3/h4-9H,11H2,1-3H3. The minimum Gasteiger partial charge on any atom is -0.496 e. The van der Waals surface area contributed by atoms with Crippen LogP contribution in [0.25, 0.3) is 0 Å². The summed E-state index contributed by atoms with van der Waals surface area (Å²) in [5, 5.41) is 8.96. The van der Waals surface area contributed by atoms with E-state index in [1.165, 1.54) is 0 Å². The molecule has 0 radical (unpaired) electrons. The van der Waals surface area contributed by atoms with Gasteiger partial charge in [-0.25, -0.2) is 0 Å². The van der Waals surface area contributed by atoms with Gasteiger partial charge in [0.2, 0.25) is 0 Å². The Labute approximate surface area is 119 Å². The maximum absolute atomic E-state index is 8.96. The molecule has 0 heterocycles. The van der Waals surface area contributed by atoms with E-state index in [1.54, 1.807) is 25.3 Å². The van der Waals surface area contributed by atoms with Crippen molar-refractivity contribution in [3.8, 4) is 17.6 Å². The summed E-state index contributed by atoms with van der Waals surface area (Å²) in [6.07, 6.45) is 0. The average Bonchev–Trinajstić information content (AvgIpc) is 2.47. The zero-order valence-corrected chi connectivity index (χ0v) is 11.9. The van der Waals surface area contributed by atoms with Crippen molar-refractivity contribution in [2.24, 2.45) is 0 Å². The highest BCUT2D eigenvalue weighted by atomic mass is 16.5. The van der Waals surface area contributed by atoms with Crippen molar-refractivity contribution in [2.75, 3.05) is 7.11 Å². The summed E-state index contributed by atoms with van der Waals surface area (Å²) < 4.78 is 11.2. The zero-order valence-electron chi connectivity index (χ0n) is 11.9. The van der Waals surface area contributed by atoms with Crippen LogP contribution in [0.1, 0.15) is 22.3 Å².